The first-order valence-electron chi connectivity index (χ1n) is 4.57. The lowest BCUT2D eigenvalue weighted by molar-refractivity contribution is -0.147. The number of hydrogen-bond donors (Lipinski definition) is 0. The second kappa shape index (κ2) is 5.14. The van der Waals surface area contributed by atoms with Crippen LogP contribution in [0.1, 0.15) is 13.3 Å². The summed E-state index contributed by atoms with van der Waals surface area (Å²) in [6.07, 6.45) is 0.133. The first-order chi connectivity index (χ1) is 7.19. The third-order valence-corrected chi connectivity index (χ3v) is 1.82. The topological polar surface area (TPSA) is 52.6 Å². The van der Waals surface area contributed by atoms with Gasteiger partial charge in [-0.15, -0.1) is 0 Å². The highest BCUT2D eigenvalue weighted by molar-refractivity contribution is 6.34. The SMILES string of the molecule is CCC(=O)C(=O)Oc1ccccc1OC. The smallest absolute Gasteiger partial charge is 0.380 e. The normalized spacial score (nSPS) is 9.47. The maximum atomic E-state index is 11.2. The Balaban J connectivity index is 2.80. The molecule has 4 heteroatoms. The van der Waals surface area contributed by atoms with E-state index in [1.807, 2.05) is 0 Å². The number of carbonyl (C=O) groups is 2. The molecule has 0 bridgehead atoms. The van der Waals surface area contributed by atoms with Crippen molar-refractivity contribution in [1.29, 1.82) is 0 Å². The summed E-state index contributed by atoms with van der Waals surface area (Å²) in [5, 5.41) is 0. The minimum Gasteiger partial charge on any atom is -0.493 e. The van der Waals surface area contributed by atoms with Crippen molar-refractivity contribution in [1.82, 2.24) is 0 Å². The molecule has 0 saturated heterocycles. The molecule has 0 radical (unpaired) electrons. The molecular weight excluding hydrogens is 196 g/mol. The van der Waals surface area contributed by atoms with E-state index in [1.165, 1.54) is 7.11 Å². The monoisotopic (exact) mass is 208 g/mol. The molecule has 0 amide bonds. The molecule has 0 aliphatic carbocycles. The number of esters is 1. The standard InChI is InChI=1S/C11H12O4/c1-3-8(12)11(13)15-10-7-5-4-6-9(10)14-2/h4-7H,3H2,1-2H3. The maximum absolute atomic E-state index is 11.2. The van der Waals surface area contributed by atoms with Gasteiger partial charge in [0, 0.05) is 6.42 Å². The van der Waals surface area contributed by atoms with Crippen LogP contribution in [0.2, 0.25) is 0 Å². The van der Waals surface area contributed by atoms with E-state index in [0.717, 1.165) is 0 Å². The third kappa shape index (κ3) is 2.80. The van der Waals surface area contributed by atoms with Crippen molar-refractivity contribution < 1.29 is 19.1 Å². The third-order valence-electron chi connectivity index (χ3n) is 1.82. The van der Waals surface area contributed by atoms with E-state index in [9.17, 15) is 9.59 Å². The highest BCUT2D eigenvalue weighted by atomic mass is 16.6. The number of hydrogen-bond acceptors (Lipinski definition) is 4. The van der Waals surface area contributed by atoms with Crippen LogP contribution in [0.5, 0.6) is 11.5 Å². The van der Waals surface area contributed by atoms with Gasteiger partial charge in [0.25, 0.3) is 0 Å². The molecule has 0 fully saturated rings. The summed E-state index contributed by atoms with van der Waals surface area (Å²) in [4.78, 5) is 22.2. The fraction of sp³-hybridized carbons (Fsp3) is 0.273. The molecule has 0 spiro atoms. The first-order valence-corrected chi connectivity index (χ1v) is 4.57. The lowest BCUT2D eigenvalue weighted by Crippen LogP contribution is -2.19. The molecule has 0 aliphatic rings. The largest absolute Gasteiger partial charge is 0.493 e. The number of carbonyl (C=O) groups excluding carboxylic acids is 2. The van der Waals surface area contributed by atoms with Crippen molar-refractivity contribution in [3.05, 3.63) is 24.3 Å². The van der Waals surface area contributed by atoms with Gasteiger partial charge in [0.1, 0.15) is 0 Å². The highest BCUT2D eigenvalue weighted by Crippen LogP contribution is 2.25. The summed E-state index contributed by atoms with van der Waals surface area (Å²) in [7, 11) is 1.47. The van der Waals surface area contributed by atoms with Gasteiger partial charge in [-0.2, -0.15) is 0 Å². The Labute approximate surface area is 87.8 Å². The van der Waals surface area contributed by atoms with Crippen LogP contribution in [0.4, 0.5) is 0 Å². The zero-order valence-corrected chi connectivity index (χ0v) is 8.65. The van der Waals surface area contributed by atoms with Gasteiger partial charge >= 0.3 is 5.97 Å². The van der Waals surface area contributed by atoms with Crippen LogP contribution < -0.4 is 9.47 Å². The molecule has 0 unspecified atom stereocenters. The zero-order chi connectivity index (χ0) is 11.3. The average Bonchev–Trinajstić information content (AvgIpc) is 2.28. The quantitative estimate of drug-likeness (QED) is 0.428. The summed E-state index contributed by atoms with van der Waals surface area (Å²) in [5.74, 6) is -0.732. The van der Waals surface area contributed by atoms with Crippen molar-refractivity contribution >= 4 is 11.8 Å². The van der Waals surface area contributed by atoms with E-state index in [4.69, 9.17) is 9.47 Å². The maximum Gasteiger partial charge on any atom is 0.380 e. The van der Waals surface area contributed by atoms with E-state index in [2.05, 4.69) is 0 Å². The lowest BCUT2D eigenvalue weighted by atomic mass is 10.3. The number of ether oxygens (including phenoxy) is 2. The van der Waals surface area contributed by atoms with Gasteiger partial charge in [0.05, 0.1) is 7.11 Å². The number of rotatable bonds is 4. The zero-order valence-electron chi connectivity index (χ0n) is 8.65. The van der Waals surface area contributed by atoms with Crippen LogP contribution in [0.3, 0.4) is 0 Å². The second-order valence-corrected chi connectivity index (χ2v) is 2.82. The van der Waals surface area contributed by atoms with Gasteiger partial charge in [0.15, 0.2) is 11.5 Å². The van der Waals surface area contributed by atoms with Crippen LogP contribution in [-0.2, 0) is 9.59 Å². The molecule has 0 N–H and O–H groups in total. The summed E-state index contributed by atoms with van der Waals surface area (Å²) < 4.78 is 9.85. The van der Waals surface area contributed by atoms with Crippen LogP contribution in [0.15, 0.2) is 24.3 Å². The number of Topliss-reactive ketones (excluding diaryl/α,β-unsaturated/α-hetero) is 1. The molecule has 80 valence electrons. The fourth-order valence-electron chi connectivity index (χ4n) is 1.00. The summed E-state index contributed by atoms with van der Waals surface area (Å²) in [6.45, 7) is 1.60. The van der Waals surface area contributed by atoms with Crippen molar-refractivity contribution in [2.24, 2.45) is 0 Å². The summed E-state index contributed by atoms with van der Waals surface area (Å²) >= 11 is 0. The molecule has 1 aromatic carbocycles. The number of methoxy groups -OCH3 is 1. The molecule has 1 aromatic rings. The van der Waals surface area contributed by atoms with Crippen molar-refractivity contribution in [3.8, 4) is 11.5 Å². The molecule has 4 nitrogen and oxygen atoms in total. The molecule has 0 aromatic heterocycles. The van der Waals surface area contributed by atoms with E-state index < -0.39 is 11.8 Å². The lowest BCUT2D eigenvalue weighted by Gasteiger charge is -2.07. The Morgan fingerprint density at radius 3 is 2.33 bits per heavy atom. The van der Waals surface area contributed by atoms with Crippen LogP contribution in [-0.4, -0.2) is 18.9 Å². The minimum atomic E-state index is -0.859. The van der Waals surface area contributed by atoms with E-state index in [1.54, 1.807) is 31.2 Å². The van der Waals surface area contributed by atoms with Gasteiger partial charge in [-0.3, -0.25) is 4.79 Å². The second-order valence-electron chi connectivity index (χ2n) is 2.82. The van der Waals surface area contributed by atoms with Gasteiger partial charge in [0.2, 0.25) is 5.78 Å². The Kier molecular flexibility index (Phi) is 3.85. The van der Waals surface area contributed by atoms with Crippen molar-refractivity contribution in [3.63, 3.8) is 0 Å². The molecule has 0 aliphatic heterocycles. The van der Waals surface area contributed by atoms with E-state index in [0.29, 0.717) is 5.75 Å². The predicted molar refractivity (Wildman–Crippen MR) is 53.9 cm³/mol. The summed E-state index contributed by atoms with van der Waals surface area (Å²) in [5.41, 5.74) is 0. The molecular formula is C11H12O4. The Morgan fingerprint density at radius 2 is 1.80 bits per heavy atom. The molecule has 15 heavy (non-hydrogen) atoms. The van der Waals surface area contributed by atoms with Crippen molar-refractivity contribution in [2.45, 2.75) is 13.3 Å². The predicted octanol–water partition coefficient (Wildman–Crippen LogP) is 1.58. The molecule has 0 heterocycles. The first kappa shape index (κ1) is 11.2. The highest BCUT2D eigenvalue weighted by Gasteiger charge is 2.15. The van der Waals surface area contributed by atoms with Gasteiger partial charge in [-0.1, -0.05) is 19.1 Å². The Bertz CT molecular complexity index is 371. The van der Waals surface area contributed by atoms with E-state index in [-0.39, 0.29) is 12.2 Å². The van der Waals surface area contributed by atoms with Crippen molar-refractivity contribution in [2.75, 3.05) is 7.11 Å². The van der Waals surface area contributed by atoms with Gasteiger partial charge in [-0.05, 0) is 12.1 Å². The Morgan fingerprint density at radius 1 is 1.20 bits per heavy atom. The van der Waals surface area contributed by atoms with E-state index >= 15 is 0 Å². The van der Waals surface area contributed by atoms with Crippen LogP contribution in [0, 0.1) is 0 Å². The van der Waals surface area contributed by atoms with Gasteiger partial charge < -0.3 is 9.47 Å². The Hall–Kier alpha value is -1.84. The number of benzene rings is 1. The minimum absolute atomic E-state index is 0.133. The molecule has 1 rings (SSSR count). The average molecular weight is 208 g/mol. The van der Waals surface area contributed by atoms with Gasteiger partial charge in [-0.25, -0.2) is 4.79 Å². The molecule has 0 saturated carbocycles. The fourth-order valence-corrected chi connectivity index (χ4v) is 1.00. The van der Waals surface area contributed by atoms with Crippen LogP contribution in [0.25, 0.3) is 0 Å². The summed E-state index contributed by atoms with van der Waals surface area (Å²) in [6, 6.07) is 6.66. The molecule has 0 atom stereocenters. The van der Waals surface area contributed by atoms with Crippen LogP contribution >= 0.6 is 0 Å². The number of ketones is 1. The number of para-hydroxylation sites is 2.